The lowest BCUT2D eigenvalue weighted by Crippen LogP contribution is -2.35. The number of rotatable bonds is 5. The van der Waals surface area contributed by atoms with E-state index in [1.54, 1.807) is 30.7 Å². The number of aromatic amines is 1. The van der Waals surface area contributed by atoms with Crippen LogP contribution in [0.5, 0.6) is 5.75 Å². The molecule has 1 aromatic carbocycles. The molecule has 0 atom stereocenters. The maximum absolute atomic E-state index is 10.5. The molecule has 5 N–H and O–H groups in total. The topological polar surface area (TPSA) is 123 Å². The minimum atomic E-state index is 0.109. The molecule has 0 radical (unpaired) electrons. The van der Waals surface area contributed by atoms with Gasteiger partial charge in [0.2, 0.25) is 0 Å². The minimum absolute atomic E-state index is 0.109. The van der Waals surface area contributed by atoms with Gasteiger partial charge in [-0.15, -0.1) is 0 Å². The number of hydrogen-bond donors (Lipinski definition) is 5. The third-order valence-electron chi connectivity index (χ3n) is 4.72. The molecular formula is C19H21N7O. The molecule has 3 heterocycles. The van der Waals surface area contributed by atoms with Crippen LogP contribution < -0.4 is 10.6 Å². The van der Waals surface area contributed by atoms with Gasteiger partial charge in [-0.05, 0) is 43.6 Å². The van der Waals surface area contributed by atoms with Gasteiger partial charge < -0.3 is 21.1 Å². The zero-order valence-corrected chi connectivity index (χ0v) is 14.7. The Hall–Kier alpha value is -3.26. The maximum atomic E-state index is 10.5. The number of piperidine rings is 1. The van der Waals surface area contributed by atoms with Crippen LogP contribution in [-0.4, -0.2) is 50.6 Å². The summed E-state index contributed by atoms with van der Waals surface area (Å²) in [6, 6.07) is 5.70. The molecule has 4 rings (SSSR count). The fourth-order valence-corrected chi connectivity index (χ4v) is 3.24. The van der Waals surface area contributed by atoms with Crippen molar-refractivity contribution in [2.45, 2.75) is 18.9 Å². The van der Waals surface area contributed by atoms with Crippen LogP contribution in [0.15, 0.2) is 36.8 Å². The number of aromatic hydroxyl groups is 1. The highest BCUT2D eigenvalue weighted by Crippen LogP contribution is 2.32. The molecule has 3 aromatic rings. The average Bonchev–Trinajstić information content (AvgIpc) is 3.24. The Bertz CT molecular complexity index is 933. The van der Waals surface area contributed by atoms with Crippen molar-refractivity contribution in [3.63, 3.8) is 0 Å². The largest absolute Gasteiger partial charge is 0.507 e. The summed E-state index contributed by atoms with van der Waals surface area (Å²) in [4.78, 5) is 8.98. The lowest BCUT2D eigenvalue weighted by atomic mass is 10.0. The highest BCUT2D eigenvalue weighted by Gasteiger charge is 2.16. The number of nitrogens with zero attached hydrogens (tertiary/aromatic N) is 3. The summed E-state index contributed by atoms with van der Waals surface area (Å²) in [7, 11) is 0. The predicted molar refractivity (Wildman–Crippen MR) is 104 cm³/mol. The predicted octanol–water partition coefficient (Wildman–Crippen LogP) is 2.40. The van der Waals surface area contributed by atoms with E-state index in [1.165, 1.54) is 6.21 Å². The van der Waals surface area contributed by atoms with Crippen LogP contribution in [0.1, 0.15) is 18.5 Å². The number of benzene rings is 1. The molecule has 138 valence electrons. The Kier molecular flexibility index (Phi) is 4.80. The first-order valence-corrected chi connectivity index (χ1v) is 8.92. The lowest BCUT2D eigenvalue weighted by molar-refractivity contribution is 0.477. The van der Waals surface area contributed by atoms with Crippen molar-refractivity contribution in [1.29, 1.82) is 5.41 Å². The minimum Gasteiger partial charge on any atom is -0.507 e. The van der Waals surface area contributed by atoms with Crippen molar-refractivity contribution in [2.75, 3.05) is 18.4 Å². The second kappa shape index (κ2) is 7.55. The molecule has 8 nitrogen and oxygen atoms in total. The molecule has 1 saturated heterocycles. The third-order valence-corrected chi connectivity index (χ3v) is 4.72. The fourth-order valence-electron chi connectivity index (χ4n) is 3.24. The number of anilines is 1. The van der Waals surface area contributed by atoms with Gasteiger partial charge in [0, 0.05) is 29.6 Å². The van der Waals surface area contributed by atoms with Crippen LogP contribution in [0, 0.1) is 5.41 Å². The molecule has 0 amide bonds. The SMILES string of the molecule is N=Cc1nc(-c2ccc(-c3cn[nH]c3)cc2O)cnc1NC1CCNCC1. The quantitative estimate of drug-likeness (QED) is 0.444. The van der Waals surface area contributed by atoms with Crippen molar-refractivity contribution in [3.8, 4) is 28.1 Å². The van der Waals surface area contributed by atoms with Crippen molar-refractivity contribution >= 4 is 12.0 Å². The highest BCUT2D eigenvalue weighted by atomic mass is 16.3. The van der Waals surface area contributed by atoms with Gasteiger partial charge in [0.05, 0.1) is 18.1 Å². The van der Waals surface area contributed by atoms with E-state index in [4.69, 9.17) is 5.41 Å². The first-order valence-electron chi connectivity index (χ1n) is 8.92. The Morgan fingerprint density at radius 3 is 2.74 bits per heavy atom. The summed E-state index contributed by atoms with van der Waals surface area (Å²) in [6.07, 6.45) is 8.30. The molecule has 0 unspecified atom stereocenters. The maximum Gasteiger partial charge on any atom is 0.153 e. The second-order valence-electron chi connectivity index (χ2n) is 6.52. The monoisotopic (exact) mass is 363 g/mol. The zero-order valence-electron chi connectivity index (χ0n) is 14.7. The van der Waals surface area contributed by atoms with Crippen molar-refractivity contribution in [1.82, 2.24) is 25.5 Å². The molecule has 2 aromatic heterocycles. The first-order chi connectivity index (χ1) is 13.2. The molecule has 8 heteroatoms. The van der Waals surface area contributed by atoms with Crippen molar-refractivity contribution in [2.24, 2.45) is 0 Å². The first kappa shape index (κ1) is 17.2. The van der Waals surface area contributed by atoms with Crippen LogP contribution in [-0.2, 0) is 0 Å². The van der Waals surface area contributed by atoms with E-state index in [0.717, 1.165) is 37.1 Å². The van der Waals surface area contributed by atoms with E-state index in [-0.39, 0.29) is 5.75 Å². The van der Waals surface area contributed by atoms with E-state index in [9.17, 15) is 5.11 Å². The van der Waals surface area contributed by atoms with Gasteiger partial charge in [-0.2, -0.15) is 5.10 Å². The number of phenols is 1. The van der Waals surface area contributed by atoms with Crippen LogP contribution >= 0.6 is 0 Å². The van der Waals surface area contributed by atoms with Gasteiger partial charge in [-0.3, -0.25) is 5.10 Å². The second-order valence-corrected chi connectivity index (χ2v) is 6.52. The van der Waals surface area contributed by atoms with Gasteiger partial charge in [-0.25, -0.2) is 9.97 Å². The average molecular weight is 363 g/mol. The van der Waals surface area contributed by atoms with E-state index in [0.29, 0.717) is 28.8 Å². The Morgan fingerprint density at radius 1 is 1.19 bits per heavy atom. The summed E-state index contributed by atoms with van der Waals surface area (Å²) in [5, 5.41) is 31.5. The molecule has 0 aliphatic carbocycles. The Morgan fingerprint density at radius 2 is 2.04 bits per heavy atom. The van der Waals surface area contributed by atoms with Gasteiger partial charge in [0.1, 0.15) is 11.4 Å². The standard InChI is InChI=1S/C19H21N7O/c20-8-16-19(25-14-3-5-21-6-4-14)22-11-17(26-16)15-2-1-12(7-18(15)27)13-9-23-24-10-13/h1-2,7-11,14,20-21,27H,3-6H2,(H,22,25)(H,23,24). The molecule has 27 heavy (non-hydrogen) atoms. The summed E-state index contributed by atoms with van der Waals surface area (Å²) < 4.78 is 0. The molecule has 1 fully saturated rings. The van der Waals surface area contributed by atoms with E-state index in [1.807, 2.05) is 6.07 Å². The van der Waals surface area contributed by atoms with Crippen LogP contribution in [0.3, 0.4) is 0 Å². The highest BCUT2D eigenvalue weighted by molar-refractivity contribution is 5.83. The van der Waals surface area contributed by atoms with E-state index >= 15 is 0 Å². The van der Waals surface area contributed by atoms with Crippen LogP contribution in [0.2, 0.25) is 0 Å². The Balaban J connectivity index is 1.61. The molecule has 1 aliphatic heterocycles. The van der Waals surface area contributed by atoms with Crippen LogP contribution in [0.25, 0.3) is 22.4 Å². The number of aromatic nitrogens is 4. The number of H-pyrrole nitrogens is 1. The van der Waals surface area contributed by atoms with Crippen LogP contribution in [0.4, 0.5) is 5.82 Å². The summed E-state index contributed by atoms with van der Waals surface area (Å²) in [5.74, 6) is 0.716. The molecule has 0 bridgehead atoms. The molecule has 1 aliphatic rings. The number of nitrogens with one attached hydrogen (secondary N) is 4. The third kappa shape index (κ3) is 3.65. The number of phenolic OH excluding ortho intramolecular Hbond substituents is 1. The van der Waals surface area contributed by atoms with Crippen molar-refractivity contribution in [3.05, 3.63) is 42.5 Å². The fraction of sp³-hybridized carbons (Fsp3) is 0.263. The smallest absolute Gasteiger partial charge is 0.153 e. The van der Waals surface area contributed by atoms with Gasteiger partial charge >= 0.3 is 0 Å². The summed E-state index contributed by atoms with van der Waals surface area (Å²) in [5.41, 5.74) is 3.32. The molecule has 0 saturated carbocycles. The van der Waals surface area contributed by atoms with E-state index < -0.39 is 0 Å². The van der Waals surface area contributed by atoms with Gasteiger partial charge in [0.25, 0.3) is 0 Å². The summed E-state index contributed by atoms with van der Waals surface area (Å²) in [6.45, 7) is 1.94. The van der Waals surface area contributed by atoms with E-state index in [2.05, 4.69) is 30.8 Å². The molecular weight excluding hydrogens is 342 g/mol. The summed E-state index contributed by atoms with van der Waals surface area (Å²) >= 11 is 0. The van der Waals surface area contributed by atoms with Gasteiger partial charge in [0.15, 0.2) is 5.82 Å². The number of hydrogen-bond acceptors (Lipinski definition) is 7. The van der Waals surface area contributed by atoms with Gasteiger partial charge in [-0.1, -0.05) is 6.07 Å². The van der Waals surface area contributed by atoms with Crippen molar-refractivity contribution < 1.29 is 5.11 Å². The molecule has 0 spiro atoms. The zero-order chi connectivity index (χ0) is 18.6. The lowest BCUT2D eigenvalue weighted by Gasteiger charge is -2.24. The Labute approximate surface area is 156 Å². The normalized spacial score (nSPS) is 14.8.